The van der Waals surface area contributed by atoms with Crippen molar-refractivity contribution in [1.29, 1.82) is 0 Å². The minimum Gasteiger partial charge on any atom is -0.366 e. The van der Waals surface area contributed by atoms with Gasteiger partial charge in [0.05, 0.1) is 0 Å². The third-order valence-electron chi connectivity index (χ3n) is 1.36. The van der Waals surface area contributed by atoms with Crippen LogP contribution in [0.2, 0.25) is 0 Å². The highest BCUT2D eigenvalue weighted by molar-refractivity contribution is 5.90. The fourth-order valence-electron chi connectivity index (χ4n) is 0.850. The van der Waals surface area contributed by atoms with Gasteiger partial charge in [-0.1, -0.05) is 0 Å². The fraction of sp³-hybridized carbons (Fsp3) is 0.111. The van der Waals surface area contributed by atoms with Gasteiger partial charge in [-0.2, -0.15) is 0 Å². The normalized spacial score (nSPS) is 10.4. The fourth-order valence-corrected chi connectivity index (χ4v) is 0.850. The largest absolute Gasteiger partial charge is 0.366 e. The smallest absolute Gasteiger partial charge is 0.241 e. The van der Waals surface area contributed by atoms with Crippen molar-refractivity contribution in [3.63, 3.8) is 0 Å². The van der Waals surface area contributed by atoms with Crippen LogP contribution >= 0.6 is 0 Å². The first-order chi connectivity index (χ1) is 5.68. The maximum absolute atomic E-state index is 10.4. The first-order valence-electron chi connectivity index (χ1n) is 3.58. The molecule has 0 fully saturated rings. The van der Waals surface area contributed by atoms with E-state index in [2.05, 4.69) is 4.98 Å². The summed E-state index contributed by atoms with van der Waals surface area (Å²) in [6.45, 7) is 1.89. The number of pyridine rings is 1. The maximum atomic E-state index is 10.4. The summed E-state index contributed by atoms with van der Waals surface area (Å²) in [6, 6.07) is 3.69. The van der Waals surface area contributed by atoms with Gasteiger partial charge in [-0.15, -0.1) is 0 Å². The number of rotatable bonds is 2. The Morgan fingerprint density at radius 3 is 3.00 bits per heavy atom. The lowest BCUT2D eigenvalue weighted by Crippen LogP contribution is -2.05. The minimum absolute atomic E-state index is 0.440. The maximum Gasteiger partial charge on any atom is 0.241 e. The van der Waals surface area contributed by atoms with E-state index in [0.29, 0.717) is 0 Å². The second-order valence-electron chi connectivity index (χ2n) is 2.47. The molecule has 0 radical (unpaired) electrons. The molecule has 1 amide bonds. The molecule has 1 rings (SSSR count). The summed E-state index contributed by atoms with van der Waals surface area (Å²) in [5, 5.41) is 0. The average Bonchev–Trinajstić information content (AvgIpc) is 2.01. The highest BCUT2D eigenvalue weighted by atomic mass is 16.1. The minimum atomic E-state index is -0.440. The van der Waals surface area contributed by atoms with Gasteiger partial charge in [-0.25, -0.2) is 0 Å². The number of primary amides is 1. The molecule has 3 nitrogen and oxygen atoms in total. The molecule has 1 heterocycles. The van der Waals surface area contributed by atoms with Crippen LogP contribution in [0.15, 0.2) is 24.4 Å². The number of nitrogens with two attached hydrogens (primary N) is 1. The Hall–Kier alpha value is -1.64. The van der Waals surface area contributed by atoms with Gasteiger partial charge in [-0.05, 0) is 30.7 Å². The van der Waals surface area contributed by atoms with Crippen LogP contribution in [0, 0.1) is 6.92 Å². The monoisotopic (exact) mass is 162 g/mol. The number of carbonyl (C=O) groups excluding carboxylic acids is 1. The van der Waals surface area contributed by atoms with E-state index < -0.39 is 5.91 Å². The van der Waals surface area contributed by atoms with Gasteiger partial charge in [0.2, 0.25) is 5.91 Å². The Bertz CT molecular complexity index is 318. The van der Waals surface area contributed by atoms with Gasteiger partial charge < -0.3 is 5.73 Å². The van der Waals surface area contributed by atoms with Crippen molar-refractivity contribution >= 4 is 12.0 Å². The second kappa shape index (κ2) is 3.67. The highest BCUT2D eigenvalue weighted by Gasteiger charge is 1.88. The van der Waals surface area contributed by atoms with E-state index in [1.54, 1.807) is 12.3 Å². The molecular weight excluding hydrogens is 152 g/mol. The van der Waals surface area contributed by atoms with Crippen molar-refractivity contribution in [2.75, 3.05) is 0 Å². The topological polar surface area (TPSA) is 56.0 Å². The van der Waals surface area contributed by atoms with E-state index in [-0.39, 0.29) is 0 Å². The summed E-state index contributed by atoms with van der Waals surface area (Å²) < 4.78 is 0. The molecule has 0 saturated heterocycles. The Balaban J connectivity index is 2.83. The number of hydrogen-bond acceptors (Lipinski definition) is 2. The number of aryl methyl sites for hydroxylation is 1. The van der Waals surface area contributed by atoms with Gasteiger partial charge in [0.25, 0.3) is 0 Å². The molecule has 0 unspecified atom stereocenters. The summed E-state index contributed by atoms with van der Waals surface area (Å²) >= 11 is 0. The average molecular weight is 162 g/mol. The zero-order valence-electron chi connectivity index (χ0n) is 6.82. The van der Waals surface area contributed by atoms with Gasteiger partial charge in [0.1, 0.15) is 0 Å². The van der Waals surface area contributed by atoms with Crippen LogP contribution in [0.25, 0.3) is 6.08 Å². The Labute approximate surface area is 70.9 Å². The molecule has 2 N–H and O–H groups in total. The summed E-state index contributed by atoms with van der Waals surface area (Å²) in [4.78, 5) is 14.4. The van der Waals surface area contributed by atoms with Crippen molar-refractivity contribution < 1.29 is 4.79 Å². The lowest BCUT2D eigenvalue weighted by Gasteiger charge is -1.93. The standard InChI is InChI=1S/C9H10N2O/c1-7-6-8(4-5-11-7)2-3-9(10)12/h2-6H,1H3,(H2,10,12)/b3-2-. The van der Waals surface area contributed by atoms with Crippen LogP contribution < -0.4 is 5.73 Å². The van der Waals surface area contributed by atoms with Crippen LogP contribution in [-0.2, 0) is 4.79 Å². The molecule has 0 aliphatic carbocycles. The van der Waals surface area contributed by atoms with Crippen LogP contribution in [-0.4, -0.2) is 10.9 Å². The number of carbonyl (C=O) groups is 1. The molecule has 1 aromatic rings. The zero-order chi connectivity index (χ0) is 8.97. The molecule has 1 aromatic heterocycles. The van der Waals surface area contributed by atoms with Gasteiger partial charge in [0, 0.05) is 18.0 Å². The third kappa shape index (κ3) is 2.54. The van der Waals surface area contributed by atoms with E-state index in [1.807, 2.05) is 19.1 Å². The molecule has 0 aromatic carbocycles. The van der Waals surface area contributed by atoms with Crippen LogP contribution in [0.3, 0.4) is 0 Å². The van der Waals surface area contributed by atoms with E-state index in [4.69, 9.17) is 5.73 Å². The lowest BCUT2D eigenvalue weighted by molar-refractivity contribution is -0.113. The molecule has 62 valence electrons. The quantitative estimate of drug-likeness (QED) is 0.656. The molecule has 0 aliphatic rings. The van der Waals surface area contributed by atoms with Crippen LogP contribution in [0.4, 0.5) is 0 Å². The van der Waals surface area contributed by atoms with Gasteiger partial charge >= 0.3 is 0 Å². The second-order valence-corrected chi connectivity index (χ2v) is 2.47. The molecule has 0 saturated carbocycles. The molecular formula is C9H10N2O. The summed E-state index contributed by atoms with van der Waals surface area (Å²) in [5.74, 6) is -0.440. The predicted octanol–water partition coefficient (Wildman–Crippen LogP) is 0.889. The predicted molar refractivity (Wildman–Crippen MR) is 47.2 cm³/mol. The third-order valence-corrected chi connectivity index (χ3v) is 1.36. The van der Waals surface area contributed by atoms with Crippen molar-refractivity contribution in [1.82, 2.24) is 4.98 Å². The van der Waals surface area contributed by atoms with Crippen LogP contribution in [0.1, 0.15) is 11.3 Å². The molecule has 12 heavy (non-hydrogen) atoms. The van der Waals surface area contributed by atoms with E-state index in [0.717, 1.165) is 11.3 Å². The number of hydrogen-bond donors (Lipinski definition) is 1. The zero-order valence-corrected chi connectivity index (χ0v) is 6.82. The highest BCUT2D eigenvalue weighted by Crippen LogP contribution is 2.02. The summed E-state index contributed by atoms with van der Waals surface area (Å²) in [6.07, 6.45) is 4.68. The summed E-state index contributed by atoms with van der Waals surface area (Å²) in [5.41, 5.74) is 6.79. The van der Waals surface area contributed by atoms with E-state index in [1.165, 1.54) is 6.08 Å². The Morgan fingerprint density at radius 1 is 1.67 bits per heavy atom. The number of aromatic nitrogens is 1. The SMILES string of the molecule is Cc1cc(/C=C\C(N)=O)ccn1. The van der Waals surface area contributed by atoms with Crippen molar-refractivity contribution in [3.05, 3.63) is 35.7 Å². The Morgan fingerprint density at radius 2 is 2.42 bits per heavy atom. The Kier molecular flexibility index (Phi) is 2.58. The molecule has 3 heteroatoms. The van der Waals surface area contributed by atoms with E-state index >= 15 is 0 Å². The molecule has 0 bridgehead atoms. The van der Waals surface area contributed by atoms with Gasteiger partial charge in [0.15, 0.2) is 0 Å². The molecule has 0 spiro atoms. The van der Waals surface area contributed by atoms with Crippen molar-refractivity contribution in [3.8, 4) is 0 Å². The van der Waals surface area contributed by atoms with E-state index in [9.17, 15) is 4.79 Å². The first-order valence-corrected chi connectivity index (χ1v) is 3.58. The van der Waals surface area contributed by atoms with Crippen molar-refractivity contribution in [2.45, 2.75) is 6.92 Å². The van der Waals surface area contributed by atoms with Gasteiger partial charge in [-0.3, -0.25) is 9.78 Å². The molecule has 0 aliphatic heterocycles. The first kappa shape index (κ1) is 8.46. The summed E-state index contributed by atoms with van der Waals surface area (Å²) in [7, 11) is 0. The number of nitrogens with zero attached hydrogens (tertiary/aromatic N) is 1. The number of amides is 1. The van der Waals surface area contributed by atoms with Crippen LogP contribution in [0.5, 0.6) is 0 Å². The molecule has 0 atom stereocenters. The van der Waals surface area contributed by atoms with Crippen molar-refractivity contribution in [2.24, 2.45) is 5.73 Å². The lowest BCUT2D eigenvalue weighted by atomic mass is 10.2.